The molecule has 3 N–H and O–H groups in total. The number of para-hydroxylation sites is 1. The van der Waals surface area contributed by atoms with Gasteiger partial charge in [0.25, 0.3) is 0 Å². The molecule has 4 rings (SSSR count). The zero-order chi connectivity index (χ0) is 22.8. The number of aryl methyl sites for hydroxylation is 2. The normalized spacial score (nSPS) is 15.2. The van der Waals surface area contributed by atoms with E-state index in [9.17, 15) is 5.11 Å². The minimum absolute atomic E-state index is 0.0311. The van der Waals surface area contributed by atoms with Crippen LogP contribution in [0.5, 0.6) is 5.75 Å². The standard InChI is InChI=1S/C26H32N4O2/c1-15(2)19-8-6-7-9-21(19)28-25-17(5)14-27-26(30-25)29-22-13-20-18(10-11-23(20)31)12-24(22)32-16(3)4/h6-9,12-16,23,31H,10-11H2,1-5H3,(H2,27,28,29,30). The lowest BCUT2D eigenvalue weighted by atomic mass is 10.0. The van der Waals surface area contributed by atoms with Crippen molar-refractivity contribution in [1.82, 2.24) is 9.97 Å². The zero-order valence-electron chi connectivity index (χ0n) is 19.4. The lowest BCUT2D eigenvalue weighted by Gasteiger charge is -2.19. The van der Waals surface area contributed by atoms with Crippen LogP contribution in [0.4, 0.5) is 23.1 Å². The lowest BCUT2D eigenvalue weighted by molar-refractivity contribution is 0.180. The predicted molar refractivity (Wildman–Crippen MR) is 129 cm³/mol. The van der Waals surface area contributed by atoms with Gasteiger partial charge in [-0.2, -0.15) is 4.98 Å². The van der Waals surface area contributed by atoms with Crippen LogP contribution < -0.4 is 15.4 Å². The maximum Gasteiger partial charge on any atom is 0.229 e. The van der Waals surface area contributed by atoms with Crippen LogP contribution in [0.25, 0.3) is 0 Å². The number of benzene rings is 2. The number of rotatable bonds is 7. The van der Waals surface area contributed by atoms with Gasteiger partial charge in [0.2, 0.25) is 5.95 Å². The number of aliphatic hydroxyl groups is 1. The highest BCUT2D eigenvalue weighted by Crippen LogP contribution is 2.39. The largest absolute Gasteiger partial charge is 0.489 e. The molecule has 1 unspecified atom stereocenters. The molecule has 0 saturated heterocycles. The van der Waals surface area contributed by atoms with Crippen LogP contribution in [0.3, 0.4) is 0 Å². The van der Waals surface area contributed by atoms with Crippen LogP contribution in [-0.2, 0) is 6.42 Å². The van der Waals surface area contributed by atoms with Crippen LogP contribution in [0.2, 0.25) is 0 Å². The second-order valence-electron chi connectivity index (χ2n) is 8.99. The van der Waals surface area contributed by atoms with Gasteiger partial charge in [0.15, 0.2) is 0 Å². The van der Waals surface area contributed by atoms with Crippen molar-refractivity contribution in [2.45, 2.75) is 65.6 Å². The van der Waals surface area contributed by atoms with Gasteiger partial charge < -0.3 is 20.5 Å². The molecule has 1 heterocycles. The highest BCUT2D eigenvalue weighted by molar-refractivity contribution is 5.68. The SMILES string of the molecule is Cc1cnc(Nc2cc3c(cc2OC(C)C)CCC3O)nc1Nc1ccccc1C(C)C. The number of hydrogen-bond donors (Lipinski definition) is 3. The Kier molecular flexibility index (Phi) is 6.33. The van der Waals surface area contributed by atoms with E-state index < -0.39 is 6.10 Å². The van der Waals surface area contributed by atoms with Gasteiger partial charge >= 0.3 is 0 Å². The average Bonchev–Trinajstić information content (AvgIpc) is 3.10. The molecule has 168 valence electrons. The molecule has 0 fully saturated rings. The number of aromatic nitrogens is 2. The zero-order valence-corrected chi connectivity index (χ0v) is 19.4. The first-order chi connectivity index (χ1) is 15.3. The van der Waals surface area contributed by atoms with Crippen molar-refractivity contribution in [3.63, 3.8) is 0 Å². The fourth-order valence-electron chi connectivity index (χ4n) is 4.05. The minimum Gasteiger partial charge on any atom is -0.489 e. The van der Waals surface area contributed by atoms with Crippen molar-refractivity contribution >= 4 is 23.1 Å². The van der Waals surface area contributed by atoms with Crippen LogP contribution in [0, 0.1) is 6.92 Å². The van der Waals surface area contributed by atoms with Gasteiger partial charge in [-0.15, -0.1) is 0 Å². The van der Waals surface area contributed by atoms with E-state index in [1.165, 1.54) is 5.56 Å². The van der Waals surface area contributed by atoms with Crippen LogP contribution in [-0.4, -0.2) is 21.2 Å². The molecule has 1 atom stereocenters. The van der Waals surface area contributed by atoms with E-state index in [0.717, 1.165) is 52.5 Å². The van der Waals surface area contributed by atoms with Crippen LogP contribution in [0.1, 0.15) is 68.4 Å². The van der Waals surface area contributed by atoms with Gasteiger partial charge in [0.1, 0.15) is 11.6 Å². The third-order valence-electron chi connectivity index (χ3n) is 5.70. The molecule has 1 aromatic heterocycles. The molecule has 3 aromatic rings. The highest BCUT2D eigenvalue weighted by atomic mass is 16.5. The number of aliphatic hydroxyl groups excluding tert-OH is 1. The molecule has 32 heavy (non-hydrogen) atoms. The summed E-state index contributed by atoms with van der Waals surface area (Å²) in [6.45, 7) is 10.4. The van der Waals surface area contributed by atoms with Crippen LogP contribution in [0.15, 0.2) is 42.6 Å². The van der Waals surface area contributed by atoms with Crippen molar-refractivity contribution in [3.05, 3.63) is 64.8 Å². The summed E-state index contributed by atoms with van der Waals surface area (Å²) in [5.41, 5.74) is 6.07. The monoisotopic (exact) mass is 432 g/mol. The second-order valence-corrected chi connectivity index (χ2v) is 8.99. The molecule has 6 nitrogen and oxygen atoms in total. The van der Waals surface area contributed by atoms with Crippen molar-refractivity contribution in [2.24, 2.45) is 0 Å². The molecule has 0 saturated carbocycles. The molecule has 0 aliphatic heterocycles. The maximum absolute atomic E-state index is 10.4. The van der Waals surface area contributed by atoms with Gasteiger partial charge in [0, 0.05) is 17.4 Å². The van der Waals surface area contributed by atoms with Gasteiger partial charge in [-0.1, -0.05) is 32.0 Å². The molecular weight excluding hydrogens is 400 g/mol. The van der Waals surface area contributed by atoms with Gasteiger partial charge in [0.05, 0.1) is 17.9 Å². The first kappa shape index (κ1) is 22.1. The first-order valence-electron chi connectivity index (χ1n) is 11.3. The fraction of sp³-hybridized carbons (Fsp3) is 0.385. The summed E-state index contributed by atoms with van der Waals surface area (Å²) in [5, 5.41) is 17.2. The number of ether oxygens (including phenoxy) is 1. The Hall–Kier alpha value is -3.12. The Morgan fingerprint density at radius 2 is 1.84 bits per heavy atom. The molecule has 6 heteroatoms. The molecular formula is C26H32N4O2. The summed E-state index contributed by atoms with van der Waals surface area (Å²) >= 11 is 0. The van der Waals surface area contributed by atoms with E-state index >= 15 is 0 Å². The predicted octanol–water partition coefficient (Wildman–Crippen LogP) is 6.16. The molecule has 0 amide bonds. The van der Waals surface area contributed by atoms with Gasteiger partial charge in [-0.05, 0) is 74.4 Å². The number of hydrogen-bond acceptors (Lipinski definition) is 6. The Labute approximate surface area is 190 Å². The average molecular weight is 433 g/mol. The Morgan fingerprint density at radius 1 is 1.06 bits per heavy atom. The first-order valence-corrected chi connectivity index (χ1v) is 11.3. The Bertz CT molecular complexity index is 1110. The molecule has 1 aliphatic carbocycles. The minimum atomic E-state index is -0.442. The fourth-order valence-corrected chi connectivity index (χ4v) is 4.05. The van der Waals surface area contributed by atoms with Crippen molar-refractivity contribution in [1.29, 1.82) is 0 Å². The third kappa shape index (κ3) is 4.70. The summed E-state index contributed by atoms with van der Waals surface area (Å²) in [5.74, 6) is 2.37. The summed E-state index contributed by atoms with van der Waals surface area (Å²) in [7, 11) is 0. The van der Waals surface area contributed by atoms with E-state index in [1.54, 1.807) is 6.20 Å². The van der Waals surface area contributed by atoms with E-state index in [2.05, 4.69) is 47.7 Å². The van der Waals surface area contributed by atoms with Crippen molar-refractivity contribution in [3.8, 4) is 5.75 Å². The number of nitrogens with one attached hydrogen (secondary N) is 2. The van der Waals surface area contributed by atoms with E-state index in [0.29, 0.717) is 11.9 Å². The lowest BCUT2D eigenvalue weighted by Crippen LogP contribution is -2.10. The second kappa shape index (κ2) is 9.17. The Morgan fingerprint density at radius 3 is 2.59 bits per heavy atom. The summed E-state index contributed by atoms with van der Waals surface area (Å²) < 4.78 is 6.05. The van der Waals surface area contributed by atoms with Crippen molar-refractivity contribution < 1.29 is 9.84 Å². The maximum atomic E-state index is 10.4. The smallest absolute Gasteiger partial charge is 0.229 e. The number of fused-ring (bicyclic) bond motifs is 1. The quantitative estimate of drug-likeness (QED) is 0.415. The van der Waals surface area contributed by atoms with E-state index in [-0.39, 0.29) is 6.10 Å². The highest BCUT2D eigenvalue weighted by Gasteiger charge is 2.23. The molecule has 1 aliphatic rings. The van der Waals surface area contributed by atoms with Gasteiger partial charge in [-0.25, -0.2) is 4.98 Å². The number of anilines is 4. The topological polar surface area (TPSA) is 79.3 Å². The molecule has 0 bridgehead atoms. The number of nitrogens with zero attached hydrogens (tertiary/aromatic N) is 2. The Balaban J connectivity index is 1.66. The van der Waals surface area contributed by atoms with Crippen LogP contribution >= 0.6 is 0 Å². The van der Waals surface area contributed by atoms with Gasteiger partial charge in [-0.3, -0.25) is 0 Å². The molecule has 0 radical (unpaired) electrons. The summed E-state index contributed by atoms with van der Waals surface area (Å²) in [6.07, 6.45) is 2.99. The molecule has 0 spiro atoms. The summed E-state index contributed by atoms with van der Waals surface area (Å²) in [6, 6.07) is 12.3. The summed E-state index contributed by atoms with van der Waals surface area (Å²) in [4.78, 5) is 9.23. The van der Waals surface area contributed by atoms with Crippen molar-refractivity contribution in [2.75, 3.05) is 10.6 Å². The third-order valence-corrected chi connectivity index (χ3v) is 5.70. The molecule has 2 aromatic carbocycles. The van der Waals surface area contributed by atoms with E-state index in [1.807, 2.05) is 39.0 Å². The van der Waals surface area contributed by atoms with E-state index in [4.69, 9.17) is 9.72 Å².